The van der Waals surface area contributed by atoms with Crippen LogP contribution in [0.3, 0.4) is 0 Å². The Hall–Kier alpha value is -3.12. The average Bonchev–Trinajstić information content (AvgIpc) is 3.22. The van der Waals surface area contributed by atoms with E-state index >= 15 is 0 Å². The summed E-state index contributed by atoms with van der Waals surface area (Å²) >= 11 is 0. The predicted octanol–water partition coefficient (Wildman–Crippen LogP) is 14.8. The fourth-order valence-corrected chi connectivity index (χ4v) is 8.06. The fraction of sp³-hybridized carbons (Fsp3) is 0.714. The van der Waals surface area contributed by atoms with E-state index in [0.717, 1.165) is 70.6 Å². The molecule has 0 heterocycles. The summed E-state index contributed by atoms with van der Waals surface area (Å²) in [6, 6.07) is 12.8. The molecular formula is C49H74F6O6. The number of alkyl halides is 6. The minimum Gasteiger partial charge on any atom is -0.460 e. The average molecular weight is 873 g/mol. The molecule has 0 N–H and O–H groups in total. The van der Waals surface area contributed by atoms with Gasteiger partial charge in [0.2, 0.25) is 0 Å². The number of methoxy groups -OCH3 is 2. The van der Waals surface area contributed by atoms with Gasteiger partial charge in [0.15, 0.2) is 0 Å². The lowest BCUT2D eigenvalue weighted by Crippen LogP contribution is -2.53. The molecule has 61 heavy (non-hydrogen) atoms. The van der Waals surface area contributed by atoms with Crippen molar-refractivity contribution < 1.29 is 54.9 Å². The minimum absolute atomic E-state index is 0.0899. The van der Waals surface area contributed by atoms with Gasteiger partial charge < -0.3 is 18.9 Å². The molecule has 0 amide bonds. The van der Waals surface area contributed by atoms with E-state index in [4.69, 9.17) is 18.9 Å². The Morgan fingerprint density at radius 1 is 0.443 bits per heavy atom. The van der Waals surface area contributed by atoms with E-state index in [0.29, 0.717) is 25.7 Å². The molecule has 0 aliphatic carbocycles. The highest BCUT2D eigenvalue weighted by molar-refractivity contribution is 5.83. The van der Waals surface area contributed by atoms with Gasteiger partial charge in [-0.05, 0) is 25.7 Å². The Bertz CT molecular complexity index is 1440. The second kappa shape index (κ2) is 29.3. The molecule has 2 unspecified atom stereocenters. The van der Waals surface area contributed by atoms with Crippen LogP contribution in [-0.2, 0) is 39.7 Å². The van der Waals surface area contributed by atoms with Gasteiger partial charge >= 0.3 is 24.3 Å². The van der Waals surface area contributed by atoms with E-state index in [1.54, 1.807) is 0 Å². The molecule has 0 aliphatic rings. The van der Waals surface area contributed by atoms with Crippen molar-refractivity contribution in [2.75, 3.05) is 14.2 Å². The van der Waals surface area contributed by atoms with Crippen molar-refractivity contribution in [3.8, 4) is 0 Å². The molecule has 0 aromatic heterocycles. The van der Waals surface area contributed by atoms with Crippen molar-refractivity contribution in [3.63, 3.8) is 0 Å². The number of hydrogen-bond donors (Lipinski definition) is 0. The highest BCUT2D eigenvalue weighted by Crippen LogP contribution is 2.45. The van der Waals surface area contributed by atoms with Gasteiger partial charge in [-0.25, -0.2) is 9.59 Å². The molecule has 0 fully saturated rings. The zero-order valence-electron chi connectivity index (χ0n) is 37.3. The minimum atomic E-state index is -5.23. The first-order valence-corrected chi connectivity index (χ1v) is 23.0. The maximum Gasteiger partial charge on any atom is 0.432 e. The van der Waals surface area contributed by atoms with Crippen LogP contribution in [0.2, 0.25) is 0 Å². The first kappa shape index (κ1) is 54.0. The first-order chi connectivity index (χ1) is 29.2. The van der Waals surface area contributed by atoms with Crippen molar-refractivity contribution in [2.24, 2.45) is 0 Å². The van der Waals surface area contributed by atoms with Crippen LogP contribution >= 0.6 is 0 Å². The number of rotatable bonds is 34. The Kier molecular flexibility index (Phi) is 25.9. The van der Waals surface area contributed by atoms with Crippen LogP contribution in [-0.4, -0.2) is 50.7 Å². The molecule has 2 aromatic carbocycles. The van der Waals surface area contributed by atoms with Gasteiger partial charge in [-0.1, -0.05) is 203 Å². The molecule has 0 aliphatic heterocycles. The summed E-state index contributed by atoms with van der Waals surface area (Å²) in [5.41, 5.74) is -7.91. The number of unbranched alkanes of at least 4 members (excludes halogenated alkanes) is 20. The van der Waals surface area contributed by atoms with E-state index in [1.807, 2.05) is 6.92 Å². The largest absolute Gasteiger partial charge is 0.460 e. The molecule has 2 rings (SSSR count). The third-order valence-electron chi connectivity index (χ3n) is 11.7. The second-order valence-corrected chi connectivity index (χ2v) is 16.4. The van der Waals surface area contributed by atoms with E-state index in [-0.39, 0.29) is 19.3 Å². The van der Waals surface area contributed by atoms with Crippen molar-refractivity contribution in [1.82, 2.24) is 0 Å². The van der Waals surface area contributed by atoms with Crippen molar-refractivity contribution in [1.29, 1.82) is 0 Å². The molecular weight excluding hydrogens is 799 g/mol. The predicted molar refractivity (Wildman–Crippen MR) is 229 cm³/mol. The molecule has 4 atom stereocenters. The Labute approximate surface area is 362 Å². The number of halogens is 6. The second-order valence-electron chi connectivity index (χ2n) is 16.4. The topological polar surface area (TPSA) is 71.1 Å². The summed E-state index contributed by atoms with van der Waals surface area (Å²) in [6.07, 6.45) is 10.9. The Balaban J connectivity index is 2.12. The van der Waals surface area contributed by atoms with E-state index < -0.39 is 58.8 Å². The van der Waals surface area contributed by atoms with Crippen LogP contribution < -0.4 is 0 Å². The lowest BCUT2D eigenvalue weighted by atomic mass is 9.92. The zero-order valence-corrected chi connectivity index (χ0v) is 37.3. The van der Waals surface area contributed by atoms with Crippen molar-refractivity contribution >= 4 is 11.9 Å². The number of benzene rings is 2. The number of hydrogen-bond acceptors (Lipinski definition) is 6. The summed E-state index contributed by atoms with van der Waals surface area (Å²) < 4.78 is 110. The van der Waals surface area contributed by atoms with Crippen molar-refractivity contribution in [2.45, 2.75) is 210 Å². The molecule has 0 bridgehead atoms. The fourth-order valence-electron chi connectivity index (χ4n) is 8.06. The third-order valence-corrected chi connectivity index (χ3v) is 11.7. The molecule has 0 saturated heterocycles. The number of ether oxygens (including phenoxy) is 4. The highest BCUT2D eigenvalue weighted by Gasteiger charge is 2.65. The van der Waals surface area contributed by atoms with E-state index in [2.05, 4.69) is 6.92 Å². The van der Waals surface area contributed by atoms with E-state index in [1.165, 1.54) is 120 Å². The van der Waals surface area contributed by atoms with Crippen LogP contribution in [0.1, 0.15) is 185 Å². The van der Waals surface area contributed by atoms with Gasteiger partial charge in [-0.3, -0.25) is 0 Å². The smallest absolute Gasteiger partial charge is 0.432 e. The monoisotopic (exact) mass is 873 g/mol. The van der Waals surface area contributed by atoms with Gasteiger partial charge in [-0.2, -0.15) is 26.3 Å². The molecule has 0 spiro atoms. The van der Waals surface area contributed by atoms with Crippen LogP contribution in [0.15, 0.2) is 60.7 Å². The Morgan fingerprint density at radius 3 is 0.984 bits per heavy atom. The van der Waals surface area contributed by atoms with E-state index in [9.17, 15) is 35.9 Å². The summed E-state index contributed by atoms with van der Waals surface area (Å²) in [6.45, 7) is 4.16. The van der Waals surface area contributed by atoms with Crippen LogP contribution in [0, 0.1) is 0 Å². The molecule has 0 saturated carbocycles. The molecule has 2 aromatic rings. The zero-order chi connectivity index (χ0) is 45.0. The van der Waals surface area contributed by atoms with Crippen LogP contribution in [0.25, 0.3) is 0 Å². The van der Waals surface area contributed by atoms with Crippen LogP contribution in [0.4, 0.5) is 26.3 Å². The summed E-state index contributed by atoms with van der Waals surface area (Å²) in [4.78, 5) is 27.5. The van der Waals surface area contributed by atoms with Gasteiger partial charge in [-0.15, -0.1) is 0 Å². The standard InChI is InChI=1S/C49H74F6O6/c1-5-7-9-10-11-12-13-14-15-16-17-18-19-20-21-22-23-24-32-38-43(61-45(57)47(59-4,49(53,54)55)41-35-30-26-31-36-41)39-42(37-27-8-6-2)60-44(56)46(58-3,48(50,51)52)40-33-28-25-29-34-40/h25-26,28-31,33-36,42-43H,5-24,27,32,37-39H2,1-4H3/t42-,43+,46?,47?/m0/s1. The number of carbonyl (C=O) groups is 2. The van der Waals surface area contributed by atoms with Gasteiger partial charge in [0.1, 0.15) is 12.2 Å². The van der Waals surface area contributed by atoms with Gasteiger partial charge in [0.05, 0.1) is 0 Å². The normalized spacial score (nSPS) is 15.1. The van der Waals surface area contributed by atoms with Gasteiger partial charge in [0, 0.05) is 31.8 Å². The summed E-state index contributed by atoms with van der Waals surface area (Å²) in [5.74, 6) is -3.42. The third kappa shape index (κ3) is 17.5. The summed E-state index contributed by atoms with van der Waals surface area (Å²) in [5, 5.41) is 0. The maximum absolute atomic E-state index is 14.9. The molecule has 348 valence electrons. The quantitative estimate of drug-likeness (QED) is 0.0396. The Morgan fingerprint density at radius 2 is 0.705 bits per heavy atom. The lowest BCUT2D eigenvalue weighted by molar-refractivity contribution is -0.279. The first-order valence-electron chi connectivity index (χ1n) is 23.0. The summed E-state index contributed by atoms with van der Waals surface area (Å²) in [7, 11) is 1.54. The molecule has 12 heteroatoms. The van der Waals surface area contributed by atoms with Gasteiger partial charge in [0.25, 0.3) is 11.2 Å². The highest BCUT2D eigenvalue weighted by atomic mass is 19.4. The maximum atomic E-state index is 14.9. The van der Waals surface area contributed by atoms with Crippen LogP contribution in [0.5, 0.6) is 0 Å². The SMILES string of the molecule is CCCCCCCCCCCCCCCCCCCCC[C@H](C[C@H](CCCCC)OC(=O)C(OC)(c1ccccc1)C(F)(F)F)OC(=O)C(OC)(c1ccccc1)C(F)(F)F. The number of esters is 2. The molecule has 0 radical (unpaired) electrons. The lowest BCUT2D eigenvalue weighted by Gasteiger charge is -2.35. The molecule has 6 nitrogen and oxygen atoms in total. The number of carbonyl (C=O) groups excluding carboxylic acids is 2. The van der Waals surface area contributed by atoms with Crippen molar-refractivity contribution in [3.05, 3.63) is 71.8 Å².